The first-order chi connectivity index (χ1) is 12.0. The second kappa shape index (κ2) is 12.1. The Hall–Kier alpha value is -0.390. The van der Waals surface area contributed by atoms with E-state index in [0.29, 0.717) is 6.54 Å². The third kappa shape index (κ3) is 8.53. The molecule has 26 heavy (non-hydrogen) atoms. The normalized spacial score (nSPS) is 16.2. The fraction of sp³-hybridized carbons (Fsp3) is 0.706. The molecule has 1 aliphatic rings. The number of hydrogen-bond donors (Lipinski definition) is 3. The minimum atomic E-state index is -3.62. The summed E-state index contributed by atoms with van der Waals surface area (Å²) in [6, 6.07) is 3.30. The molecular weight excluding hydrogens is 483 g/mol. The third-order valence-electron chi connectivity index (χ3n) is 4.46. The molecule has 1 fully saturated rings. The molecule has 1 aromatic heterocycles. The Kier molecular flexibility index (Phi) is 11.0. The average molecular weight is 514 g/mol. The number of guanidine groups is 1. The van der Waals surface area contributed by atoms with Crippen LogP contribution in [0.15, 0.2) is 21.3 Å². The van der Waals surface area contributed by atoms with Gasteiger partial charge in [-0.15, -0.1) is 35.3 Å². The maximum Gasteiger partial charge on any atom is 0.247 e. The fourth-order valence-electron chi connectivity index (χ4n) is 3.17. The highest BCUT2D eigenvalue weighted by atomic mass is 127. The molecule has 0 saturated heterocycles. The van der Waals surface area contributed by atoms with Gasteiger partial charge in [-0.1, -0.05) is 32.1 Å². The zero-order valence-electron chi connectivity index (χ0n) is 15.4. The van der Waals surface area contributed by atoms with Crippen molar-refractivity contribution in [1.82, 2.24) is 10.6 Å². The van der Waals surface area contributed by atoms with Crippen LogP contribution in [0.2, 0.25) is 0 Å². The highest BCUT2D eigenvalue weighted by Gasteiger charge is 2.13. The van der Waals surface area contributed by atoms with E-state index in [1.165, 1.54) is 55.9 Å². The maximum absolute atomic E-state index is 11.3. The summed E-state index contributed by atoms with van der Waals surface area (Å²) >= 11 is 1.17. The van der Waals surface area contributed by atoms with Crippen molar-refractivity contribution in [2.24, 2.45) is 16.0 Å². The van der Waals surface area contributed by atoms with Gasteiger partial charge in [0.2, 0.25) is 10.0 Å². The van der Waals surface area contributed by atoms with Gasteiger partial charge in [0.1, 0.15) is 4.21 Å². The van der Waals surface area contributed by atoms with Crippen LogP contribution < -0.4 is 15.8 Å². The van der Waals surface area contributed by atoms with Gasteiger partial charge in [0.05, 0.1) is 6.54 Å². The minimum absolute atomic E-state index is 0. The summed E-state index contributed by atoms with van der Waals surface area (Å²) in [5, 5.41) is 11.7. The van der Waals surface area contributed by atoms with Crippen molar-refractivity contribution in [3.8, 4) is 0 Å². The topological polar surface area (TPSA) is 96.6 Å². The Morgan fingerprint density at radius 3 is 2.62 bits per heavy atom. The van der Waals surface area contributed by atoms with Crippen molar-refractivity contribution in [3.63, 3.8) is 0 Å². The number of nitrogens with zero attached hydrogens (tertiary/aromatic N) is 1. The van der Waals surface area contributed by atoms with Crippen LogP contribution in [0.5, 0.6) is 0 Å². The lowest BCUT2D eigenvalue weighted by molar-refractivity contribution is 0.332. The van der Waals surface area contributed by atoms with Crippen molar-refractivity contribution >= 4 is 51.3 Å². The molecule has 0 unspecified atom stereocenters. The Morgan fingerprint density at radius 1 is 1.27 bits per heavy atom. The number of hydrogen-bond acceptors (Lipinski definition) is 4. The molecule has 4 N–H and O–H groups in total. The first-order valence-corrected chi connectivity index (χ1v) is 11.5. The van der Waals surface area contributed by atoms with Gasteiger partial charge in [0.25, 0.3) is 0 Å². The Labute approximate surface area is 178 Å². The number of halogens is 1. The van der Waals surface area contributed by atoms with E-state index in [9.17, 15) is 8.42 Å². The quantitative estimate of drug-likeness (QED) is 0.214. The highest BCUT2D eigenvalue weighted by Crippen LogP contribution is 2.27. The molecule has 1 aromatic rings. The van der Waals surface area contributed by atoms with E-state index in [-0.39, 0.29) is 28.2 Å². The molecule has 0 amide bonds. The number of primary sulfonamides is 1. The lowest BCUT2D eigenvalue weighted by Crippen LogP contribution is -2.37. The van der Waals surface area contributed by atoms with E-state index in [0.717, 1.165) is 36.3 Å². The van der Waals surface area contributed by atoms with Crippen LogP contribution in [0.1, 0.15) is 56.7 Å². The molecule has 0 aromatic carbocycles. The second-order valence-corrected chi connectivity index (χ2v) is 9.49. The smallest absolute Gasteiger partial charge is 0.247 e. The average Bonchev–Trinajstić information content (AvgIpc) is 3.07. The van der Waals surface area contributed by atoms with Crippen LogP contribution in [-0.4, -0.2) is 27.5 Å². The summed E-state index contributed by atoms with van der Waals surface area (Å²) < 4.78 is 22.8. The number of nitrogens with one attached hydrogen (secondary N) is 2. The van der Waals surface area contributed by atoms with E-state index < -0.39 is 10.0 Å². The second-order valence-electron chi connectivity index (χ2n) is 6.53. The van der Waals surface area contributed by atoms with Crippen molar-refractivity contribution in [3.05, 3.63) is 17.0 Å². The lowest BCUT2D eigenvalue weighted by atomic mass is 9.86. The van der Waals surface area contributed by atoms with Gasteiger partial charge >= 0.3 is 0 Å². The summed E-state index contributed by atoms with van der Waals surface area (Å²) in [6.07, 6.45) is 9.41. The number of sulfonamides is 1. The van der Waals surface area contributed by atoms with Crippen LogP contribution in [0.4, 0.5) is 0 Å². The SMILES string of the molecule is CCNC(=NCc1ccc(S(N)(=O)=O)s1)NCCCC1CCCCC1.I. The summed E-state index contributed by atoms with van der Waals surface area (Å²) in [6.45, 7) is 4.18. The number of rotatable bonds is 8. The lowest BCUT2D eigenvalue weighted by Gasteiger charge is -2.21. The highest BCUT2D eigenvalue weighted by molar-refractivity contribution is 14.0. The van der Waals surface area contributed by atoms with Gasteiger partial charge in [-0.2, -0.15) is 0 Å². The number of aliphatic imine (C=N–C) groups is 1. The molecule has 0 aliphatic heterocycles. The molecule has 0 bridgehead atoms. The van der Waals surface area contributed by atoms with Crippen LogP contribution in [-0.2, 0) is 16.6 Å². The molecule has 6 nitrogen and oxygen atoms in total. The summed E-state index contributed by atoms with van der Waals surface area (Å²) in [7, 11) is -3.62. The van der Waals surface area contributed by atoms with E-state index in [4.69, 9.17) is 5.14 Å². The van der Waals surface area contributed by atoms with Crippen LogP contribution in [0.3, 0.4) is 0 Å². The van der Waals surface area contributed by atoms with Gasteiger partial charge in [-0.3, -0.25) is 0 Å². The van der Waals surface area contributed by atoms with Crippen molar-refractivity contribution in [2.45, 2.75) is 62.6 Å². The third-order valence-corrected chi connectivity index (χ3v) is 6.97. The first-order valence-electron chi connectivity index (χ1n) is 9.12. The summed E-state index contributed by atoms with van der Waals surface area (Å²) in [4.78, 5) is 5.41. The number of thiophene rings is 1. The zero-order valence-corrected chi connectivity index (χ0v) is 19.3. The summed E-state index contributed by atoms with van der Waals surface area (Å²) in [5.41, 5.74) is 0. The zero-order chi connectivity index (χ0) is 18.1. The molecule has 9 heteroatoms. The molecule has 0 radical (unpaired) electrons. The predicted molar refractivity (Wildman–Crippen MR) is 120 cm³/mol. The van der Waals surface area contributed by atoms with E-state index in [2.05, 4.69) is 15.6 Å². The van der Waals surface area contributed by atoms with Gasteiger partial charge in [0.15, 0.2) is 5.96 Å². The van der Waals surface area contributed by atoms with E-state index >= 15 is 0 Å². The van der Waals surface area contributed by atoms with Gasteiger partial charge in [-0.05, 0) is 37.8 Å². The predicted octanol–water partition coefficient (Wildman–Crippen LogP) is 3.43. The Bertz CT molecular complexity index is 655. The molecular formula is C17H31IN4O2S2. The fourth-order valence-corrected chi connectivity index (χ4v) is 4.87. The minimum Gasteiger partial charge on any atom is -0.357 e. The van der Waals surface area contributed by atoms with Crippen LogP contribution in [0, 0.1) is 5.92 Å². The molecule has 150 valence electrons. The summed E-state index contributed by atoms with van der Waals surface area (Å²) in [5.74, 6) is 1.68. The molecule has 1 saturated carbocycles. The van der Waals surface area contributed by atoms with Gasteiger partial charge < -0.3 is 10.6 Å². The van der Waals surface area contributed by atoms with Crippen molar-refractivity contribution in [1.29, 1.82) is 0 Å². The standard InChI is InChI=1S/C17H30N4O2S2.HI/c1-2-19-17(20-12-6-9-14-7-4-3-5-8-14)21-13-15-10-11-16(24-15)25(18,22)23;/h10-11,14H,2-9,12-13H2,1H3,(H2,18,22,23)(H2,19,20,21);1H. The van der Waals surface area contributed by atoms with E-state index in [1.54, 1.807) is 6.07 Å². The Morgan fingerprint density at radius 2 is 2.00 bits per heavy atom. The maximum atomic E-state index is 11.3. The largest absolute Gasteiger partial charge is 0.357 e. The van der Waals surface area contributed by atoms with Gasteiger partial charge in [0, 0.05) is 18.0 Å². The van der Waals surface area contributed by atoms with Crippen molar-refractivity contribution in [2.75, 3.05) is 13.1 Å². The molecule has 2 rings (SSSR count). The van der Waals surface area contributed by atoms with E-state index in [1.807, 2.05) is 6.92 Å². The van der Waals surface area contributed by atoms with Crippen LogP contribution in [0.25, 0.3) is 0 Å². The molecule has 0 atom stereocenters. The Balaban J connectivity index is 0.00000338. The number of nitrogens with two attached hydrogens (primary N) is 1. The van der Waals surface area contributed by atoms with Crippen LogP contribution >= 0.6 is 35.3 Å². The molecule has 0 spiro atoms. The molecule has 1 aliphatic carbocycles. The van der Waals surface area contributed by atoms with Gasteiger partial charge in [-0.25, -0.2) is 18.5 Å². The monoisotopic (exact) mass is 514 g/mol. The van der Waals surface area contributed by atoms with Crippen molar-refractivity contribution < 1.29 is 8.42 Å². The first kappa shape index (κ1) is 23.6. The molecule has 1 heterocycles.